The quantitative estimate of drug-likeness (QED) is 0.875. The van der Waals surface area contributed by atoms with Gasteiger partial charge in [-0.2, -0.15) is 0 Å². The van der Waals surface area contributed by atoms with Crippen LogP contribution >= 0.6 is 0 Å². The zero-order valence-corrected chi connectivity index (χ0v) is 9.56. The normalized spacial score (nSPS) is 12.2. The zero-order chi connectivity index (χ0) is 12.3. The summed E-state index contributed by atoms with van der Waals surface area (Å²) >= 11 is 0. The van der Waals surface area contributed by atoms with Gasteiger partial charge in [0.1, 0.15) is 5.75 Å². The fourth-order valence-electron chi connectivity index (χ4n) is 1.60. The number of nitrogens with two attached hydrogens (primary N) is 1. The van der Waals surface area contributed by atoms with Gasteiger partial charge in [0.05, 0.1) is 0 Å². The molecule has 2 rings (SSSR count). The lowest BCUT2D eigenvalue weighted by Gasteiger charge is -2.13. The largest absolute Gasteiger partial charge is 0.454 e. The molecule has 0 amide bonds. The number of hydrogen-bond acceptors (Lipinski definition) is 2. The van der Waals surface area contributed by atoms with Crippen LogP contribution in [0.15, 0.2) is 48.5 Å². The van der Waals surface area contributed by atoms with Gasteiger partial charge in [0.25, 0.3) is 0 Å². The average Bonchev–Trinajstić information content (AvgIpc) is 2.32. The average molecular weight is 231 g/mol. The Kier molecular flexibility index (Phi) is 3.40. The van der Waals surface area contributed by atoms with Crippen LogP contribution in [0.2, 0.25) is 0 Å². The lowest BCUT2D eigenvalue weighted by molar-refractivity contribution is 0.435. The summed E-state index contributed by atoms with van der Waals surface area (Å²) in [4.78, 5) is 0. The second kappa shape index (κ2) is 4.97. The number of benzene rings is 2. The number of rotatable bonds is 3. The van der Waals surface area contributed by atoms with Crippen molar-refractivity contribution in [1.82, 2.24) is 0 Å². The summed E-state index contributed by atoms with van der Waals surface area (Å²) in [6, 6.07) is 13.5. The molecule has 17 heavy (non-hydrogen) atoms. The summed E-state index contributed by atoms with van der Waals surface area (Å²) in [6.07, 6.45) is 0. The molecule has 0 heterocycles. The first-order valence-corrected chi connectivity index (χ1v) is 5.45. The minimum absolute atomic E-state index is 0.155. The number of halogens is 1. The van der Waals surface area contributed by atoms with E-state index in [0.717, 1.165) is 5.56 Å². The van der Waals surface area contributed by atoms with E-state index < -0.39 is 0 Å². The van der Waals surface area contributed by atoms with Crippen LogP contribution in [-0.2, 0) is 0 Å². The first-order valence-electron chi connectivity index (χ1n) is 5.45. The van der Waals surface area contributed by atoms with Crippen LogP contribution in [0, 0.1) is 5.82 Å². The Balaban J connectivity index is 2.34. The zero-order valence-electron chi connectivity index (χ0n) is 9.56. The van der Waals surface area contributed by atoms with E-state index in [1.54, 1.807) is 24.3 Å². The first kappa shape index (κ1) is 11.6. The van der Waals surface area contributed by atoms with Crippen LogP contribution in [0.1, 0.15) is 18.5 Å². The van der Waals surface area contributed by atoms with Crippen LogP contribution in [0.3, 0.4) is 0 Å². The van der Waals surface area contributed by atoms with Crippen molar-refractivity contribution < 1.29 is 9.13 Å². The van der Waals surface area contributed by atoms with Crippen molar-refractivity contribution in [1.29, 1.82) is 0 Å². The van der Waals surface area contributed by atoms with Gasteiger partial charge >= 0.3 is 0 Å². The first-order chi connectivity index (χ1) is 8.18. The number of para-hydroxylation sites is 2. The molecule has 0 unspecified atom stereocenters. The van der Waals surface area contributed by atoms with Gasteiger partial charge in [-0.25, -0.2) is 4.39 Å². The molecule has 0 spiro atoms. The van der Waals surface area contributed by atoms with E-state index in [4.69, 9.17) is 10.5 Å². The highest BCUT2D eigenvalue weighted by Gasteiger charge is 2.09. The van der Waals surface area contributed by atoms with Crippen molar-refractivity contribution in [2.45, 2.75) is 13.0 Å². The van der Waals surface area contributed by atoms with Crippen molar-refractivity contribution >= 4 is 0 Å². The van der Waals surface area contributed by atoms with Crippen molar-refractivity contribution in [3.63, 3.8) is 0 Å². The minimum atomic E-state index is -0.382. The second-order valence-electron chi connectivity index (χ2n) is 3.86. The van der Waals surface area contributed by atoms with Gasteiger partial charge in [0, 0.05) is 11.6 Å². The van der Waals surface area contributed by atoms with Gasteiger partial charge in [-0.1, -0.05) is 30.3 Å². The fourth-order valence-corrected chi connectivity index (χ4v) is 1.60. The van der Waals surface area contributed by atoms with E-state index in [2.05, 4.69) is 0 Å². The van der Waals surface area contributed by atoms with Crippen molar-refractivity contribution in [2.24, 2.45) is 5.73 Å². The summed E-state index contributed by atoms with van der Waals surface area (Å²) in [5, 5.41) is 0. The standard InChI is InChI=1S/C14H14FNO/c1-10(16)11-6-2-4-8-13(11)17-14-9-5-3-7-12(14)15/h2-10H,16H2,1H3/t10-/m1/s1. The summed E-state index contributed by atoms with van der Waals surface area (Å²) in [5.74, 6) is 0.417. The molecule has 0 aliphatic heterocycles. The third kappa shape index (κ3) is 2.63. The van der Waals surface area contributed by atoms with E-state index in [9.17, 15) is 4.39 Å². The Bertz CT molecular complexity index is 511. The van der Waals surface area contributed by atoms with Crippen molar-refractivity contribution in [3.8, 4) is 11.5 Å². The predicted octanol–water partition coefficient (Wildman–Crippen LogP) is 3.64. The van der Waals surface area contributed by atoms with Crippen LogP contribution in [0.5, 0.6) is 11.5 Å². The predicted molar refractivity (Wildman–Crippen MR) is 65.5 cm³/mol. The van der Waals surface area contributed by atoms with E-state index in [1.165, 1.54) is 6.07 Å². The molecule has 0 aliphatic carbocycles. The monoisotopic (exact) mass is 231 g/mol. The van der Waals surface area contributed by atoms with Gasteiger partial charge in [-0.15, -0.1) is 0 Å². The van der Waals surface area contributed by atoms with Gasteiger partial charge in [-0.05, 0) is 25.1 Å². The molecular weight excluding hydrogens is 217 g/mol. The molecule has 2 N–H and O–H groups in total. The Hall–Kier alpha value is -1.87. The van der Waals surface area contributed by atoms with Gasteiger partial charge in [0.2, 0.25) is 0 Å². The molecule has 0 fully saturated rings. The molecule has 2 aromatic rings. The molecular formula is C14H14FNO. The van der Waals surface area contributed by atoms with E-state index in [1.807, 2.05) is 25.1 Å². The topological polar surface area (TPSA) is 35.2 Å². The van der Waals surface area contributed by atoms with E-state index in [0.29, 0.717) is 5.75 Å². The third-order valence-electron chi connectivity index (χ3n) is 2.47. The molecule has 0 bridgehead atoms. The fraction of sp³-hybridized carbons (Fsp3) is 0.143. The van der Waals surface area contributed by atoms with Crippen LogP contribution in [0.25, 0.3) is 0 Å². The van der Waals surface area contributed by atoms with E-state index in [-0.39, 0.29) is 17.6 Å². The Morgan fingerprint density at radius 2 is 1.59 bits per heavy atom. The highest BCUT2D eigenvalue weighted by molar-refractivity contribution is 5.39. The molecule has 2 nitrogen and oxygen atoms in total. The van der Waals surface area contributed by atoms with Gasteiger partial charge < -0.3 is 10.5 Å². The third-order valence-corrected chi connectivity index (χ3v) is 2.47. The Labute approximate surface area is 99.8 Å². The highest BCUT2D eigenvalue weighted by atomic mass is 19.1. The van der Waals surface area contributed by atoms with Gasteiger partial charge in [0.15, 0.2) is 11.6 Å². The van der Waals surface area contributed by atoms with Crippen LogP contribution in [-0.4, -0.2) is 0 Å². The molecule has 0 saturated carbocycles. The maximum absolute atomic E-state index is 13.5. The summed E-state index contributed by atoms with van der Waals surface area (Å²) in [6.45, 7) is 1.86. The number of hydrogen-bond donors (Lipinski definition) is 1. The molecule has 3 heteroatoms. The molecule has 0 aromatic heterocycles. The molecule has 88 valence electrons. The Morgan fingerprint density at radius 3 is 2.24 bits per heavy atom. The smallest absolute Gasteiger partial charge is 0.165 e. The van der Waals surface area contributed by atoms with Crippen molar-refractivity contribution in [3.05, 3.63) is 59.9 Å². The van der Waals surface area contributed by atoms with Gasteiger partial charge in [-0.3, -0.25) is 0 Å². The summed E-state index contributed by atoms with van der Waals surface area (Å²) < 4.78 is 19.0. The molecule has 0 saturated heterocycles. The molecule has 0 aliphatic rings. The van der Waals surface area contributed by atoms with E-state index >= 15 is 0 Å². The minimum Gasteiger partial charge on any atom is -0.454 e. The number of ether oxygens (including phenoxy) is 1. The van der Waals surface area contributed by atoms with Crippen LogP contribution in [0.4, 0.5) is 4.39 Å². The lowest BCUT2D eigenvalue weighted by Crippen LogP contribution is -2.06. The highest BCUT2D eigenvalue weighted by Crippen LogP contribution is 2.29. The van der Waals surface area contributed by atoms with Crippen molar-refractivity contribution in [2.75, 3.05) is 0 Å². The molecule has 2 aromatic carbocycles. The molecule has 1 atom stereocenters. The maximum atomic E-state index is 13.5. The SMILES string of the molecule is C[C@@H](N)c1ccccc1Oc1ccccc1F. The summed E-state index contributed by atoms with van der Waals surface area (Å²) in [7, 11) is 0. The molecule has 0 radical (unpaired) electrons. The Morgan fingerprint density at radius 1 is 1.00 bits per heavy atom. The maximum Gasteiger partial charge on any atom is 0.165 e. The van der Waals surface area contributed by atoms with Crippen LogP contribution < -0.4 is 10.5 Å². The second-order valence-corrected chi connectivity index (χ2v) is 3.86. The summed E-state index contributed by atoms with van der Waals surface area (Å²) in [5.41, 5.74) is 6.69. The lowest BCUT2D eigenvalue weighted by atomic mass is 10.1.